The SMILES string of the molecule is COc1cc2c(c(OC)c1OC)-c1ccc(N[C@@H](CC(C)C)C(=O)Nc3nccs3)c(=O)cc1[C@@H](NC(C)=O)CC2. The number of nitrogens with one attached hydrogen (secondary N) is 3. The average Bonchev–Trinajstić information content (AvgIpc) is 3.34. The molecule has 1 aliphatic carbocycles. The molecule has 41 heavy (non-hydrogen) atoms. The van der Waals surface area contributed by atoms with Crippen molar-refractivity contribution >= 4 is 34.0 Å². The molecule has 0 bridgehead atoms. The molecule has 1 heterocycles. The standard InChI is InChI=1S/C30H36N4O6S/c1-16(2)13-23(29(37)34-30-31-11-12-41-30)33-22-10-8-19-20(15-24(22)36)21(32-17(3)35)9-7-18-14-25(38-4)27(39-5)28(40-6)26(18)19/h8,10-12,14-16,21,23H,7,9,13H2,1-6H3,(H,32,35)(H,33,36)(H,31,34,37)/t21-,23-/m0/s1. The van der Waals surface area contributed by atoms with E-state index < -0.39 is 12.1 Å². The van der Waals surface area contributed by atoms with Crippen LogP contribution in [0.2, 0.25) is 0 Å². The van der Waals surface area contributed by atoms with Gasteiger partial charge in [0.2, 0.25) is 23.0 Å². The fourth-order valence-electron chi connectivity index (χ4n) is 5.20. The molecular weight excluding hydrogens is 544 g/mol. The lowest BCUT2D eigenvalue weighted by atomic mass is 9.95. The Morgan fingerprint density at radius 2 is 1.85 bits per heavy atom. The van der Waals surface area contributed by atoms with E-state index in [-0.39, 0.29) is 28.8 Å². The second-order valence-corrected chi connectivity index (χ2v) is 11.1. The maximum absolute atomic E-state index is 13.7. The lowest BCUT2D eigenvalue weighted by Crippen LogP contribution is -2.37. The summed E-state index contributed by atoms with van der Waals surface area (Å²) in [6.45, 7) is 5.48. The fraction of sp³-hybridized carbons (Fsp3) is 0.400. The first kappa shape index (κ1) is 29.9. The number of thiazole rings is 1. The molecule has 0 saturated carbocycles. The number of rotatable bonds is 10. The fourth-order valence-corrected chi connectivity index (χ4v) is 5.73. The third-order valence-corrected chi connectivity index (χ3v) is 7.62. The van der Waals surface area contributed by atoms with Gasteiger partial charge in [0.25, 0.3) is 0 Å². The first-order chi connectivity index (χ1) is 19.7. The van der Waals surface area contributed by atoms with Crippen molar-refractivity contribution in [2.75, 3.05) is 32.0 Å². The average molecular weight is 581 g/mol. The van der Waals surface area contributed by atoms with E-state index in [0.717, 1.165) is 11.1 Å². The molecule has 2 amide bonds. The lowest BCUT2D eigenvalue weighted by Gasteiger charge is -2.20. The number of methoxy groups -OCH3 is 3. The van der Waals surface area contributed by atoms with Gasteiger partial charge in [0.05, 0.1) is 33.1 Å². The van der Waals surface area contributed by atoms with E-state index in [0.29, 0.717) is 52.8 Å². The van der Waals surface area contributed by atoms with Crippen LogP contribution in [0.25, 0.3) is 11.1 Å². The van der Waals surface area contributed by atoms with Gasteiger partial charge < -0.3 is 30.2 Å². The number of nitrogens with zero attached hydrogens (tertiary/aromatic N) is 1. The van der Waals surface area contributed by atoms with Crippen LogP contribution in [0.4, 0.5) is 10.8 Å². The van der Waals surface area contributed by atoms with Gasteiger partial charge in [0.15, 0.2) is 16.6 Å². The van der Waals surface area contributed by atoms with Crippen molar-refractivity contribution < 1.29 is 23.8 Å². The van der Waals surface area contributed by atoms with Crippen LogP contribution in [0.15, 0.2) is 40.6 Å². The highest BCUT2D eigenvalue weighted by atomic mass is 32.1. The van der Waals surface area contributed by atoms with Crippen LogP contribution < -0.4 is 35.6 Å². The minimum atomic E-state index is -0.675. The molecule has 3 aromatic rings. The largest absolute Gasteiger partial charge is 0.493 e. The lowest BCUT2D eigenvalue weighted by molar-refractivity contribution is -0.120. The highest BCUT2D eigenvalue weighted by Crippen LogP contribution is 2.50. The summed E-state index contributed by atoms with van der Waals surface area (Å²) in [4.78, 5) is 43.2. The molecule has 1 aliphatic rings. The van der Waals surface area contributed by atoms with Gasteiger partial charge in [0.1, 0.15) is 6.04 Å². The van der Waals surface area contributed by atoms with Gasteiger partial charge in [-0.1, -0.05) is 19.9 Å². The van der Waals surface area contributed by atoms with Crippen molar-refractivity contribution in [3.63, 3.8) is 0 Å². The Labute approximate surface area is 243 Å². The number of aryl methyl sites for hydroxylation is 1. The summed E-state index contributed by atoms with van der Waals surface area (Å²) in [7, 11) is 4.66. The zero-order valence-corrected chi connectivity index (χ0v) is 24.9. The molecule has 10 nitrogen and oxygen atoms in total. The second kappa shape index (κ2) is 13.0. The van der Waals surface area contributed by atoms with E-state index in [2.05, 4.69) is 20.9 Å². The van der Waals surface area contributed by atoms with Gasteiger partial charge in [0, 0.05) is 24.1 Å². The molecule has 3 N–H and O–H groups in total. The number of ether oxygens (including phenoxy) is 3. The number of amides is 2. The van der Waals surface area contributed by atoms with E-state index in [9.17, 15) is 14.4 Å². The maximum Gasteiger partial charge on any atom is 0.248 e. The van der Waals surface area contributed by atoms with Crippen LogP contribution in [0, 0.1) is 5.92 Å². The molecule has 2 atom stereocenters. The molecule has 0 saturated heterocycles. The van der Waals surface area contributed by atoms with E-state index in [1.807, 2.05) is 26.0 Å². The number of fused-ring (bicyclic) bond motifs is 3. The molecule has 1 aromatic heterocycles. The molecule has 0 fully saturated rings. The zero-order chi connectivity index (χ0) is 29.7. The number of hydrogen-bond acceptors (Lipinski definition) is 9. The third-order valence-electron chi connectivity index (χ3n) is 6.93. The highest BCUT2D eigenvalue weighted by Gasteiger charge is 2.30. The minimum Gasteiger partial charge on any atom is -0.493 e. The predicted molar refractivity (Wildman–Crippen MR) is 160 cm³/mol. The Hall–Kier alpha value is -4.12. The molecule has 0 spiro atoms. The molecule has 11 heteroatoms. The quantitative estimate of drug-likeness (QED) is 0.313. The topological polar surface area (TPSA) is 128 Å². The van der Waals surface area contributed by atoms with Crippen molar-refractivity contribution in [3.8, 4) is 28.4 Å². The number of anilines is 2. The van der Waals surface area contributed by atoms with E-state index >= 15 is 0 Å². The van der Waals surface area contributed by atoms with Crippen LogP contribution in [0.5, 0.6) is 17.2 Å². The first-order valence-electron chi connectivity index (χ1n) is 13.4. The van der Waals surface area contributed by atoms with Gasteiger partial charge in [-0.2, -0.15) is 0 Å². The summed E-state index contributed by atoms with van der Waals surface area (Å²) in [5.74, 6) is 1.13. The normalized spacial score (nSPS) is 14.7. The summed E-state index contributed by atoms with van der Waals surface area (Å²) >= 11 is 1.32. The summed E-state index contributed by atoms with van der Waals surface area (Å²) in [6, 6.07) is 5.85. The van der Waals surface area contributed by atoms with Crippen LogP contribution in [0.3, 0.4) is 0 Å². The Bertz CT molecular complexity index is 1470. The first-order valence-corrected chi connectivity index (χ1v) is 14.3. The number of benzene rings is 1. The van der Waals surface area contributed by atoms with Crippen LogP contribution in [-0.4, -0.2) is 44.2 Å². The van der Waals surface area contributed by atoms with Gasteiger partial charge >= 0.3 is 0 Å². The molecule has 0 aliphatic heterocycles. The number of aromatic nitrogens is 1. The van der Waals surface area contributed by atoms with Crippen LogP contribution in [-0.2, 0) is 16.0 Å². The van der Waals surface area contributed by atoms with E-state index in [1.54, 1.807) is 39.0 Å². The number of carbonyl (C=O) groups excluding carboxylic acids is 2. The van der Waals surface area contributed by atoms with Gasteiger partial charge in [-0.25, -0.2) is 4.98 Å². The highest BCUT2D eigenvalue weighted by molar-refractivity contribution is 7.13. The van der Waals surface area contributed by atoms with Crippen LogP contribution in [0.1, 0.15) is 50.8 Å². The Morgan fingerprint density at radius 1 is 1.10 bits per heavy atom. The molecular formula is C30H36N4O6S. The molecule has 4 rings (SSSR count). The van der Waals surface area contributed by atoms with Gasteiger partial charge in [-0.05, 0) is 60.1 Å². The summed E-state index contributed by atoms with van der Waals surface area (Å²) < 4.78 is 17.1. The number of hydrogen-bond donors (Lipinski definition) is 3. The van der Waals surface area contributed by atoms with Crippen molar-refractivity contribution in [1.82, 2.24) is 10.3 Å². The second-order valence-electron chi connectivity index (χ2n) is 10.2. The molecule has 218 valence electrons. The predicted octanol–water partition coefficient (Wildman–Crippen LogP) is 4.78. The monoisotopic (exact) mass is 580 g/mol. The van der Waals surface area contributed by atoms with Crippen molar-refractivity contribution in [2.45, 2.75) is 52.1 Å². The van der Waals surface area contributed by atoms with Gasteiger partial charge in [-0.3, -0.25) is 14.4 Å². The Kier molecular flexibility index (Phi) is 9.49. The van der Waals surface area contributed by atoms with Crippen LogP contribution >= 0.6 is 11.3 Å². The van der Waals surface area contributed by atoms with Crippen molar-refractivity contribution in [3.05, 3.63) is 57.2 Å². The Morgan fingerprint density at radius 3 is 2.46 bits per heavy atom. The maximum atomic E-state index is 13.7. The smallest absolute Gasteiger partial charge is 0.248 e. The van der Waals surface area contributed by atoms with E-state index in [1.165, 1.54) is 24.3 Å². The minimum absolute atomic E-state index is 0.182. The zero-order valence-electron chi connectivity index (χ0n) is 24.1. The van der Waals surface area contributed by atoms with Crippen molar-refractivity contribution in [2.24, 2.45) is 5.92 Å². The molecule has 2 aromatic carbocycles. The third kappa shape index (κ3) is 6.62. The Balaban J connectivity index is 1.87. The number of carbonyl (C=O) groups is 2. The van der Waals surface area contributed by atoms with Gasteiger partial charge in [-0.15, -0.1) is 11.3 Å². The molecule has 0 unspecified atom stereocenters. The van der Waals surface area contributed by atoms with Crippen molar-refractivity contribution in [1.29, 1.82) is 0 Å². The summed E-state index contributed by atoms with van der Waals surface area (Å²) in [5.41, 5.74) is 3.01. The summed E-state index contributed by atoms with van der Waals surface area (Å²) in [6.07, 6.45) is 3.27. The summed E-state index contributed by atoms with van der Waals surface area (Å²) in [5, 5.41) is 11.3. The van der Waals surface area contributed by atoms with E-state index in [4.69, 9.17) is 14.2 Å². The molecule has 0 radical (unpaired) electrons.